The van der Waals surface area contributed by atoms with Gasteiger partial charge in [0.15, 0.2) is 0 Å². The van der Waals surface area contributed by atoms with Crippen LogP contribution in [0.5, 0.6) is 0 Å². The minimum Gasteiger partial charge on any atom is -0.353 e. The molecule has 20 heavy (non-hydrogen) atoms. The lowest BCUT2D eigenvalue weighted by Crippen LogP contribution is -2.43. The van der Waals surface area contributed by atoms with E-state index in [2.05, 4.69) is 26.1 Å². The summed E-state index contributed by atoms with van der Waals surface area (Å²) < 4.78 is 0. The third kappa shape index (κ3) is 6.76. The Kier molecular flexibility index (Phi) is 8.97. The van der Waals surface area contributed by atoms with Crippen molar-refractivity contribution in [3.05, 3.63) is 0 Å². The molecule has 0 unspecified atom stereocenters. The molecule has 0 aromatic rings. The molecule has 0 aliphatic heterocycles. The molecule has 2 heteroatoms. The van der Waals surface area contributed by atoms with Gasteiger partial charge in [0.25, 0.3) is 0 Å². The Morgan fingerprint density at radius 2 is 1.65 bits per heavy atom. The van der Waals surface area contributed by atoms with Crippen LogP contribution in [-0.2, 0) is 4.79 Å². The van der Waals surface area contributed by atoms with E-state index in [0.29, 0.717) is 12.0 Å². The lowest BCUT2D eigenvalue weighted by Gasteiger charge is -2.34. The zero-order valence-corrected chi connectivity index (χ0v) is 13.9. The van der Waals surface area contributed by atoms with Gasteiger partial charge in [-0.05, 0) is 24.7 Å². The van der Waals surface area contributed by atoms with Crippen molar-refractivity contribution in [3.8, 4) is 0 Å². The third-order valence-corrected chi connectivity index (χ3v) is 5.06. The number of rotatable bonds is 9. The zero-order chi connectivity index (χ0) is 14.8. The highest BCUT2D eigenvalue weighted by Gasteiger charge is 2.27. The molecular formula is C18H35NO. The van der Waals surface area contributed by atoms with E-state index in [4.69, 9.17) is 0 Å². The van der Waals surface area contributed by atoms with Crippen LogP contribution in [0, 0.1) is 11.8 Å². The number of amides is 1. The minimum absolute atomic E-state index is 0.282. The van der Waals surface area contributed by atoms with Gasteiger partial charge in [0, 0.05) is 12.5 Å². The molecule has 2 nitrogen and oxygen atoms in total. The summed E-state index contributed by atoms with van der Waals surface area (Å²) >= 11 is 0. The average Bonchev–Trinajstić information content (AvgIpc) is 2.43. The molecule has 0 bridgehead atoms. The first-order valence-electron chi connectivity index (χ1n) is 8.94. The highest BCUT2D eigenvalue weighted by atomic mass is 16.1. The number of hydrogen-bond acceptors (Lipinski definition) is 1. The summed E-state index contributed by atoms with van der Waals surface area (Å²) in [5, 5.41) is 3.27. The second kappa shape index (κ2) is 10.2. The molecule has 1 N–H and O–H groups in total. The van der Waals surface area contributed by atoms with Crippen LogP contribution in [0.25, 0.3) is 0 Å². The summed E-state index contributed by atoms with van der Waals surface area (Å²) in [5.74, 6) is 1.68. The van der Waals surface area contributed by atoms with Gasteiger partial charge in [-0.2, -0.15) is 0 Å². The lowest BCUT2D eigenvalue weighted by molar-refractivity contribution is -0.122. The van der Waals surface area contributed by atoms with Crippen LogP contribution in [0.15, 0.2) is 0 Å². The number of unbranched alkanes of at least 4 members (excludes halogenated alkanes) is 6. The summed E-state index contributed by atoms with van der Waals surface area (Å²) in [6.07, 6.45) is 13.4. The number of nitrogens with one attached hydrogen (secondary N) is 1. The summed E-state index contributed by atoms with van der Waals surface area (Å²) in [6, 6.07) is 0.427. The summed E-state index contributed by atoms with van der Waals surface area (Å²) in [5.41, 5.74) is 0. The first kappa shape index (κ1) is 17.5. The van der Waals surface area contributed by atoms with E-state index in [1.54, 1.807) is 0 Å². The molecule has 1 saturated carbocycles. The quantitative estimate of drug-likeness (QED) is 0.587. The van der Waals surface area contributed by atoms with Crippen LogP contribution in [-0.4, -0.2) is 11.9 Å². The highest BCUT2D eigenvalue weighted by Crippen LogP contribution is 2.29. The molecule has 0 radical (unpaired) electrons. The normalized spacial score (nSPS) is 26.4. The van der Waals surface area contributed by atoms with Crippen molar-refractivity contribution in [1.29, 1.82) is 0 Å². The molecule has 1 amide bonds. The van der Waals surface area contributed by atoms with Crippen LogP contribution < -0.4 is 5.32 Å². The third-order valence-electron chi connectivity index (χ3n) is 5.06. The largest absolute Gasteiger partial charge is 0.353 e. The van der Waals surface area contributed by atoms with Crippen molar-refractivity contribution in [1.82, 2.24) is 5.32 Å². The minimum atomic E-state index is 0.282. The van der Waals surface area contributed by atoms with Crippen LogP contribution in [0.4, 0.5) is 0 Å². The van der Waals surface area contributed by atoms with Gasteiger partial charge in [0.1, 0.15) is 0 Å². The van der Waals surface area contributed by atoms with Crippen LogP contribution in [0.1, 0.15) is 91.4 Å². The molecule has 1 aliphatic carbocycles. The summed E-state index contributed by atoms with van der Waals surface area (Å²) in [7, 11) is 0. The topological polar surface area (TPSA) is 29.1 Å². The Balaban J connectivity index is 2.05. The van der Waals surface area contributed by atoms with Crippen LogP contribution in [0.3, 0.4) is 0 Å². The number of hydrogen-bond donors (Lipinski definition) is 1. The van der Waals surface area contributed by atoms with Crippen molar-refractivity contribution in [2.75, 3.05) is 0 Å². The standard InChI is InChI=1S/C18H35NO/c1-4-5-6-7-8-9-10-14-18(20)19-17-13-11-12-15(2)16(17)3/h15-17H,4-14H2,1-3H3,(H,19,20)/t15-,16+,17+/m1/s1. The van der Waals surface area contributed by atoms with E-state index in [-0.39, 0.29) is 5.91 Å². The number of carbonyl (C=O) groups excluding carboxylic acids is 1. The van der Waals surface area contributed by atoms with Gasteiger partial charge < -0.3 is 5.32 Å². The molecule has 0 aromatic heterocycles. The molecule has 0 aromatic carbocycles. The smallest absolute Gasteiger partial charge is 0.220 e. The Morgan fingerprint density at radius 1 is 1.00 bits per heavy atom. The maximum absolute atomic E-state index is 12.0. The molecule has 0 saturated heterocycles. The van der Waals surface area contributed by atoms with E-state index in [0.717, 1.165) is 18.8 Å². The van der Waals surface area contributed by atoms with E-state index in [1.807, 2.05) is 0 Å². The van der Waals surface area contributed by atoms with Gasteiger partial charge in [0.2, 0.25) is 5.91 Å². The maximum Gasteiger partial charge on any atom is 0.220 e. The SMILES string of the molecule is CCCCCCCCCC(=O)N[C@H]1CCC[C@@H](C)[C@@H]1C. The second-order valence-corrected chi connectivity index (χ2v) is 6.81. The Bertz CT molecular complexity index is 264. The first-order chi connectivity index (χ1) is 9.65. The fourth-order valence-electron chi connectivity index (χ4n) is 3.31. The number of carbonyl (C=O) groups is 1. The Labute approximate surface area is 126 Å². The van der Waals surface area contributed by atoms with E-state index in [9.17, 15) is 4.79 Å². The van der Waals surface area contributed by atoms with E-state index >= 15 is 0 Å². The van der Waals surface area contributed by atoms with Crippen LogP contribution in [0.2, 0.25) is 0 Å². The van der Waals surface area contributed by atoms with Gasteiger partial charge in [0.05, 0.1) is 0 Å². The van der Waals surface area contributed by atoms with Gasteiger partial charge in [-0.1, -0.05) is 72.1 Å². The predicted octanol–water partition coefficient (Wildman–Crippen LogP) is 5.07. The van der Waals surface area contributed by atoms with Gasteiger partial charge >= 0.3 is 0 Å². The highest BCUT2D eigenvalue weighted by molar-refractivity contribution is 5.76. The fraction of sp³-hybridized carbons (Fsp3) is 0.944. The molecule has 1 rings (SSSR count). The van der Waals surface area contributed by atoms with Crippen molar-refractivity contribution >= 4 is 5.91 Å². The second-order valence-electron chi connectivity index (χ2n) is 6.81. The van der Waals surface area contributed by atoms with Gasteiger partial charge in [-0.3, -0.25) is 4.79 Å². The van der Waals surface area contributed by atoms with Gasteiger partial charge in [-0.15, -0.1) is 0 Å². The van der Waals surface area contributed by atoms with E-state index < -0.39 is 0 Å². The van der Waals surface area contributed by atoms with Crippen molar-refractivity contribution in [2.24, 2.45) is 11.8 Å². The lowest BCUT2D eigenvalue weighted by atomic mass is 9.78. The zero-order valence-electron chi connectivity index (χ0n) is 13.9. The monoisotopic (exact) mass is 281 g/mol. The Hall–Kier alpha value is -0.530. The van der Waals surface area contributed by atoms with Crippen molar-refractivity contribution < 1.29 is 4.79 Å². The molecule has 3 atom stereocenters. The van der Waals surface area contributed by atoms with Crippen molar-refractivity contribution in [3.63, 3.8) is 0 Å². The maximum atomic E-state index is 12.0. The predicted molar refractivity (Wildman–Crippen MR) is 86.7 cm³/mol. The molecular weight excluding hydrogens is 246 g/mol. The fourth-order valence-corrected chi connectivity index (χ4v) is 3.31. The molecule has 0 heterocycles. The van der Waals surface area contributed by atoms with Crippen LogP contribution >= 0.6 is 0 Å². The Morgan fingerprint density at radius 3 is 2.35 bits per heavy atom. The summed E-state index contributed by atoms with van der Waals surface area (Å²) in [6.45, 7) is 6.86. The molecule has 1 aliphatic rings. The van der Waals surface area contributed by atoms with Crippen molar-refractivity contribution in [2.45, 2.75) is 97.4 Å². The molecule has 118 valence electrons. The molecule has 1 fully saturated rings. The molecule has 0 spiro atoms. The van der Waals surface area contributed by atoms with E-state index in [1.165, 1.54) is 57.8 Å². The van der Waals surface area contributed by atoms with Gasteiger partial charge in [-0.25, -0.2) is 0 Å². The first-order valence-corrected chi connectivity index (χ1v) is 8.94. The summed E-state index contributed by atoms with van der Waals surface area (Å²) in [4.78, 5) is 12.0. The average molecular weight is 281 g/mol.